The lowest BCUT2D eigenvalue weighted by molar-refractivity contribution is -0.142. The predicted octanol–water partition coefficient (Wildman–Crippen LogP) is -0.182. The highest BCUT2D eigenvalue weighted by molar-refractivity contribution is 5.89. The van der Waals surface area contributed by atoms with Crippen LogP contribution in [0.1, 0.15) is 13.8 Å². The number of rotatable bonds is 7. The lowest BCUT2D eigenvalue weighted by Crippen LogP contribution is -2.22. The maximum atomic E-state index is 10.6. The van der Waals surface area contributed by atoms with Crippen molar-refractivity contribution in [2.45, 2.75) is 20.0 Å². The van der Waals surface area contributed by atoms with Gasteiger partial charge in [0.05, 0.1) is 6.61 Å². The third-order valence-corrected chi connectivity index (χ3v) is 1.70. The topological polar surface area (TPSA) is 179 Å². The summed E-state index contributed by atoms with van der Waals surface area (Å²) in [6.07, 6.45) is 0.114. The molecule has 0 spiro atoms. The number of aliphatic carboxylic acids is 3. The standard InChI is InChI=1S/C7H12O4.C4H4O4.C4H6O2/c1-5(2)7(10)11-4-6(9)3-8;5-3(6)1-2-4(7)8;1-3(2)4(5)6/h6,8-9H,1,3-4H2,2H3;1-2H,(H,5,6)(H,7,8);1H2,2H3,(H,5,6)/b;2-1-;. The molecule has 0 heterocycles. The minimum absolute atomic E-state index is 0.176. The van der Waals surface area contributed by atoms with E-state index in [1.165, 1.54) is 13.8 Å². The molecule has 1 atom stereocenters. The molecule has 0 aromatic carbocycles. The Labute approximate surface area is 144 Å². The third kappa shape index (κ3) is 26.3. The lowest BCUT2D eigenvalue weighted by atomic mass is 10.3. The first-order valence-corrected chi connectivity index (χ1v) is 6.49. The number of hydrogen-bond acceptors (Lipinski definition) is 7. The molecular formula is C15H22O10. The SMILES string of the molecule is C=C(C)C(=O)O.C=C(C)C(=O)OCC(O)CO.O=C(O)/C=C\C(=O)O. The van der Waals surface area contributed by atoms with Crippen LogP contribution in [0.5, 0.6) is 0 Å². The maximum absolute atomic E-state index is 10.6. The van der Waals surface area contributed by atoms with Gasteiger partial charge in [0.2, 0.25) is 0 Å². The molecule has 0 amide bonds. The van der Waals surface area contributed by atoms with Gasteiger partial charge in [-0.3, -0.25) is 0 Å². The van der Waals surface area contributed by atoms with Crippen LogP contribution >= 0.6 is 0 Å². The van der Waals surface area contributed by atoms with Crippen molar-refractivity contribution in [2.24, 2.45) is 0 Å². The van der Waals surface area contributed by atoms with Crippen molar-refractivity contribution in [3.05, 3.63) is 36.5 Å². The molecule has 0 bridgehead atoms. The van der Waals surface area contributed by atoms with Gasteiger partial charge in [-0.25, -0.2) is 19.2 Å². The zero-order chi connectivity index (χ0) is 20.6. The van der Waals surface area contributed by atoms with Crippen LogP contribution in [0.2, 0.25) is 0 Å². The number of ether oxygens (including phenoxy) is 1. The van der Waals surface area contributed by atoms with Gasteiger partial charge in [0.25, 0.3) is 0 Å². The Morgan fingerprint density at radius 1 is 0.960 bits per heavy atom. The fourth-order valence-corrected chi connectivity index (χ4v) is 0.490. The van der Waals surface area contributed by atoms with E-state index in [-0.39, 0.29) is 17.8 Å². The van der Waals surface area contributed by atoms with Crippen LogP contribution in [0, 0.1) is 0 Å². The quantitative estimate of drug-likeness (QED) is 0.301. The van der Waals surface area contributed by atoms with Crippen molar-refractivity contribution in [1.82, 2.24) is 0 Å². The van der Waals surface area contributed by atoms with Gasteiger partial charge in [-0.05, 0) is 13.8 Å². The normalized spacial score (nSPS) is 10.2. The van der Waals surface area contributed by atoms with Crippen LogP contribution in [0.15, 0.2) is 36.5 Å². The van der Waals surface area contributed by atoms with E-state index in [2.05, 4.69) is 17.9 Å². The molecular weight excluding hydrogens is 340 g/mol. The highest BCUT2D eigenvalue weighted by atomic mass is 16.5. The molecule has 0 rings (SSSR count). The summed E-state index contributed by atoms with van der Waals surface area (Å²) in [7, 11) is 0. The molecule has 0 aliphatic rings. The summed E-state index contributed by atoms with van der Waals surface area (Å²) in [6, 6.07) is 0. The molecule has 1 unspecified atom stereocenters. The molecule has 10 heteroatoms. The Kier molecular flexibility index (Phi) is 17.1. The Morgan fingerprint density at radius 3 is 1.52 bits per heavy atom. The van der Waals surface area contributed by atoms with E-state index >= 15 is 0 Å². The molecule has 0 aromatic heterocycles. The molecule has 10 nitrogen and oxygen atoms in total. The first kappa shape index (κ1) is 26.9. The van der Waals surface area contributed by atoms with Crippen molar-refractivity contribution in [2.75, 3.05) is 13.2 Å². The highest BCUT2D eigenvalue weighted by Crippen LogP contribution is 1.93. The first-order valence-electron chi connectivity index (χ1n) is 6.49. The van der Waals surface area contributed by atoms with Crippen LogP contribution in [0.3, 0.4) is 0 Å². The Balaban J connectivity index is -0.000000306. The first-order chi connectivity index (χ1) is 11.3. The van der Waals surface area contributed by atoms with Gasteiger partial charge in [-0.15, -0.1) is 0 Å². The van der Waals surface area contributed by atoms with E-state index in [1.807, 2.05) is 0 Å². The summed E-state index contributed by atoms with van der Waals surface area (Å²) in [4.78, 5) is 39.4. The van der Waals surface area contributed by atoms with Crippen LogP contribution in [-0.4, -0.2) is 68.7 Å². The summed E-state index contributed by atoms with van der Waals surface area (Å²) < 4.78 is 4.51. The average Bonchev–Trinajstić information content (AvgIpc) is 2.51. The summed E-state index contributed by atoms with van der Waals surface area (Å²) in [5, 5.41) is 40.6. The summed E-state index contributed by atoms with van der Waals surface area (Å²) in [6.45, 7) is 8.84. The monoisotopic (exact) mass is 362 g/mol. The molecule has 0 fully saturated rings. The van der Waals surface area contributed by atoms with Crippen molar-refractivity contribution in [3.63, 3.8) is 0 Å². The molecule has 25 heavy (non-hydrogen) atoms. The molecule has 0 saturated carbocycles. The van der Waals surface area contributed by atoms with Gasteiger partial charge < -0.3 is 30.3 Å². The smallest absolute Gasteiger partial charge is 0.333 e. The van der Waals surface area contributed by atoms with Gasteiger partial charge in [-0.2, -0.15) is 0 Å². The average molecular weight is 362 g/mol. The van der Waals surface area contributed by atoms with Crippen LogP contribution in [0.4, 0.5) is 0 Å². The minimum atomic E-state index is -1.26. The fourth-order valence-electron chi connectivity index (χ4n) is 0.490. The van der Waals surface area contributed by atoms with Crippen LogP contribution in [-0.2, 0) is 23.9 Å². The summed E-state index contributed by atoms with van der Waals surface area (Å²) >= 11 is 0. The van der Waals surface area contributed by atoms with E-state index in [1.54, 1.807) is 0 Å². The van der Waals surface area contributed by atoms with E-state index in [9.17, 15) is 19.2 Å². The molecule has 0 aliphatic carbocycles. The number of esters is 1. The Morgan fingerprint density at radius 2 is 1.32 bits per heavy atom. The summed E-state index contributed by atoms with van der Waals surface area (Å²) in [5.41, 5.74) is 0.449. The van der Waals surface area contributed by atoms with E-state index < -0.39 is 36.6 Å². The molecule has 0 saturated heterocycles. The number of aliphatic hydroxyl groups is 2. The van der Waals surface area contributed by atoms with Crippen molar-refractivity contribution in [3.8, 4) is 0 Å². The third-order valence-electron chi connectivity index (χ3n) is 1.70. The molecule has 0 radical (unpaired) electrons. The van der Waals surface area contributed by atoms with Crippen LogP contribution < -0.4 is 0 Å². The zero-order valence-electron chi connectivity index (χ0n) is 13.8. The molecule has 0 aliphatic heterocycles. The molecule has 142 valence electrons. The van der Waals surface area contributed by atoms with E-state index in [4.69, 9.17) is 25.5 Å². The van der Waals surface area contributed by atoms with E-state index in [0.717, 1.165) is 0 Å². The van der Waals surface area contributed by atoms with E-state index in [0.29, 0.717) is 12.2 Å². The Hall–Kier alpha value is -2.98. The minimum Gasteiger partial charge on any atom is -0.478 e. The van der Waals surface area contributed by atoms with Gasteiger partial charge in [0, 0.05) is 23.3 Å². The highest BCUT2D eigenvalue weighted by Gasteiger charge is 2.07. The fraction of sp³-hybridized carbons (Fsp3) is 0.333. The number of carbonyl (C=O) groups is 4. The largest absolute Gasteiger partial charge is 0.478 e. The van der Waals surface area contributed by atoms with Crippen molar-refractivity contribution < 1.29 is 49.4 Å². The second kappa shape index (κ2) is 15.9. The number of hydrogen-bond donors (Lipinski definition) is 5. The second-order valence-electron chi connectivity index (χ2n) is 4.31. The van der Waals surface area contributed by atoms with Gasteiger partial charge >= 0.3 is 23.9 Å². The lowest BCUT2D eigenvalue weighted by Gasteiger charge is -2.07. The van der Waals surface area contributed by atoms with Crippen LogP contribution in [0.25, 0.3) is 0 Å². The number of carbonyl (C=O) groups excluding carboxylic acids is 1. The van der Waals surface area contributed by atoms with Gasteiger partial charge in [0.1, 0.15) is 12.7 Å². The number of carboxylic acid groups (broad SMARTS) is 3. The van der Waals surface area contributed by atoms with Crippen molar-refractivity contribution in [1.29, 1.82) is 0 Å². The summed E-state index contributed by atoms with van der Waals surface area (Å²) in [5.74, 6) is -4.01. The molecule has 0 aromatic rings. The van der Waals surface area contributed by atoms with Gasteiger partial charge in [0.15, 0.2) is 0 Å². The predicted molar refractivity (Wildman–Crippen MR) is 85.7 cm³/mol. The van der Waals surface area contributed by atoms with Crippen molar-refractivity contribution >= 4 is 23.9 Å². The number of aliphatic hydroxyl groups excluding tert-OH is 2. The molecule has 5 N–H and O–H groups in total. The second-order valence-corrected chi connectivity index (χ2v) is 4.31. The Bertz CT molecular complexity index is 490. The van der Waals surface area contributed by atoms with Gasteiger partial charge in [-0.1, -0.05) is 13.2 Å². The number of carboxylic acids is 3. The maximum Gasteiger partial charge on any atom is 0.333 e. The zero-order valence-corrected chi connectivity index (χ0v) is 13.8.